The number of benzene rings is 1. The van der Waals surface area contributed by atoms with Gasteiger partial charge in [-0.15, -0.1) is 0 Å². The number of hydrogen-bond donors (Lipinski definition) is 0. The molecule has 1 fully saturated rings. The molecular formula is C13H14ClFINO2. The first-order valence-electron chi connectivity index (χ1n) is 5.99. The van der Waals surface area contributed by atoms with Gasteiger partial charge in [0.25, 0.3) is 5.91 Å². The fraction of sp³-hybridized carbons (Fsp3) is 0.462. The number of ether oxygens (including phenoxy) is 1. The van der Waals surface area contributed by atoms with Crippen molar-refractivity contribution in [3.05, 3.63) is 32.1 Å². The zero-order valence-electron chi connectivity index (χ0n) is 10.5. The molecule has 2 rings (SSSR count). The van der Waals surface area contributed by atoms with E-state index in [1.807, 2.05) is 22.6 Å². The van der Waals surface area contributed by atoms with Crippen LogP contribution in [0.2, 0.25) is 5.02 Å². The summed E-state index contributed by atoms with van der Waals surface area (Å²) < 4.78 is 19.0. The molecule has 1 saturated heterocycles. The molecule has 104 valence electrons. The first-order chi connectivity index (χ1) is 9.02. The van der Waals surface area contributed by atoms with Crippen molar-refractivity contribution >= 4 is 40.1 Å². The average molecular weight is 398 g/mol. The first kappa shape index (κ1) is 15.0. The molecule has 0 bridgehead atoms. The Hall–Kier alpha value is -0.400. The number of likely N-dealkylation sites (tertiary alicyclic amines) is 1. The summed E-state index contributed by atoms with van der Waals surface area (Å²) in [6, 6.07) is 2.70. The third-order valence-electron chi connectivity index (χ3n) is 3.30. The second-order valence-corrected chi connectivity index (χ2v) is 6.04. The number of methoxy groups -OCH3 is 1. The average Bonchev–Trinajstić information content (AvgIpc) is 2.42. The summed E-state index contributed by atoms with van der Waals surface area (Å²) >= 11 is 7.81. The van der Waals surface area contributed by atoms with Gasteiger partial charge >= 0.3 is 0 Å². The number of nitrogens with zero attached hydrogens (tertiary/aromatic N) is 1. The van der Waals surface area contributed by atoms with Crippen LogP contribution >= 0.6 is 34.2 Å². The van der Waals surface area contributed by atoms with Gasteiger partial charge in [-0.05, 0) is 47.6 Å². The number of carbonyl (C=O) groups excluding carboxylic acids is 1. The summed E-state index contributed by atoms with van der Waals surface area (Å²) in [5.41, 5.74) is 0.364. The molecule has 0 saturated carbocycles. The van der Waals surface area contributed by atoms with E-state index in [1.165, 1.54) is 12.1 Å². The third-order valence-corrected chi connectivity index (χ3v) is 4.44. The number of carbonyl (C=O) groups is 1. The molecule has 0 N–H and O–H groups in total. The number of piperidine rings is 1. The fourth-order valence-electron chi connectivity index (χ4n) is 2.15. The van der Waals surface area contributed by atoms with Crippen LogP contribution in [0.15, 0.2) is 12.1 Å². The lowest BCUT2D eigenvalue weighted by Crippen LogP contribution is -2.40. The van der Waals surface area contributed by atoms with Gasteiger partial charge in [0.2, 0.25) is 0 Å². The third kappa shape index (κ3) is 3.38. The molecule has 0 radical (unpaired) electrons. The van der Waals surface area contributed by atoms with E-state index in [2.05, 4.69) is 0 Å². The lowest BCUT2D eigenvalue weighted by atomic mass is 10.1. The highest BCUT2D eigenvalue weighted by Gasteiger charge is 2.25. The number of amides is 1. The Labute approximate surface area is 130 Å². The van der Waals surface area contributed by atoms with Gasteiger partial charge in [-0.25, -0.2) is 4.39 Å². The van der Waals surface area contributed by atoms with E-state index in [0.717, 1.165) is 12.8 Å². The summed E-state index contributed by atoms with van der Waals surface area (Å²) in [5, 5.41) is 0.164. The number of rotatable bonds is 2. The summed E-state index contributed by atoms with van der Waals surface area (Å²) in [5.74, 6) is -0.544. The summed E-state index contributed by atoms with van der Waals surface area (Å²) in [4.78, 5) is 14.1. The lowest BCUT2D eigenvalue weighted by Gasteiger charge is -2.31. The van der Waals surface area contributed by atoms with Crippen LogP contribution in [0.5, 0.6) is 0 Å². The molecule has 0 unspecified atom stereocenters. The Morgan fingerprint density at radius 2 is 2.11 bits per heavy atom. The Morgan fingerprint density at radius 1 is 1.47 bits per heavy atom. The van der Waals surface area contributed by atoms with Crippen molar-refractivity contribution in [1.82, 2.24) is 4.90 Å². The van der Waals surface area contributed by atoms with E-state index >= 15 is 0 Å². The summed E-state index contributed by atoms with van der Waals surface area (Å²) in [7, 11) is 1.68. The Morgan fingerprint density at radius 3 is 2.68 bits per heavy atom. The van der Waals surface area contributed by atoms with Crippen LogP contribution in [0.4, 0.5) is 4.39 Å². The minimum absolute atomic E-state index is 0.141. The van der Waals surface area contributed by atoms with Crippen LogP contribution in [0.3, 0.4) is 0 Å². The van der Waals surface area contributed by atoms with Gasteiger partial charge in [-0.1, -0.05) is 11.6 Å². The second kappa shape index (κ2) is 6.37. The van der Waals surface area contributed by atoms with E-state index in [9.17, 15) is 9.18 Å². The maximum atomic E-state index is 13.3. The van der Waals surface area contributed by atoms with Crippen LogP contribution in [-0.4, -0.2) is 37.1 Å². The molecule has 0 spiro atoms. The maximum absolute atomic E-state index is 13.3. The van der Waals surface area contributed by atoms with Crippen LogP contribution < -0.4 is 0 Å². The molecule has 0 aliphatic carbocycles. The molecule has 1 heterocycles. The van der Waals surface area contributed by atoms with Crippen molar-refractivity contribution < 1.29 is 13.9 Å². The smallest absolute Gasteiger partial charge is 0.255 e. The van der Waals surface area contributed by atoms with Gasteiger partial charge in [0, 0.05) is 23.8 Å². The van der Waals surface area contributed by atoms with Gasteiger partial charge < -0.3 is 9.64 Å². The molecule has 6 heteroatoms. The SMILES string of the molecule is COC1CCN(C(=O)c2cc(I)c(F)cc2Cl)CC1. The van der Waals surface area contributed by atoms with Gasteiger partial charge in [0.05, 0.1) is 16.7 Å². The Bertz CT molecular complexity index is 490. The normalized spacial score (nSPS) is 16.7. The molecule has 1 amide bonds. The highest BCUT2D eigenvalue weighted by atomic mass is 127. The molecule has 1 aliphatic heterocycles. The quantitative estimate of drug-likeness (QED) is 0.566. The standard InChI is InChI=1S/C13H14ClFINO2/c1-19-8-2-4-17(5-3-8)13(18)9-6-12(16)11(15)7-10(9)14/h6-8H,2-5H2,1H3. The van der Waals surface area contributed by atoms with Gasteiger partial charge in [-0.3, -0.25) is 4.79 Å². The highest BCUT2D eigenvalue weighted by Crippen LogP contribution is 2.25. The molecular weight excluding hydrogens is 384 g/mol. The van der Waals surface area contributed by atoms with Gasteiger partial charge in [0.15, 0.2) is 0 Å². The van der Waals surface area contributed by atoms with Gasteiger partial charge in [-0.2, -0.15) is 0 Å². The minimum Gasteiger partial charge on any atom is -0.381 e. The molecule has 1 aliphatic rings. The molecule has 1 aromatic carbocycles. The van der Waals surface area contributed by atoms with Crippen molar-refractivity contribution in [3.63, 3.8) is 0 Å². The monoisotopic (exact) mass is 397 g/mol. The second-order valence-electron chi connectivity index (χ2n) is 4.47. The topological polar surface area (TPSA) is 29.5 Å². The predicted octanol–water partition coefficient (Wildman–Crippen LogP) is 3.33. The lowest BCUT2D eigenvalue weighted by molar-refractivity contribution is 0.0351. The van der Waals surface area contributed by atoms with E-state index in [1.54, 1.807) is 12.0 Å². The van der Waals surface area contributed by atoms with Crippen LogP contribution in [0, 0.1) is 9.39 Å². The molecule has 19 heavy (non-hydrogen) atoms. The maximum Gasteiger partial charge on any atom is 0.255 e. The largest absolute Gasteiger partial charge is 0.381 e. The molecule has 0 atom stereocenters. The summed E-state index contributed by atoms with van der Waals surface area (Å²) in [6.45, 7) is 1.28. The Kier molecular flexibility index (Phi) is 5.03. The van der Waals surface area contributed by atoms with Crippen LogP contribution in [0.1, 0.15) is 23.2 Å². The van der Waals surface area contributed by atoms with E-state index in [0.29, 0.717) is 22.2 Å². The van der Waals surface area contributed by atoms with Crippen molar-refractivity contribution in [3.8, 4) is 0 Å². The zero-order valence-corrected chi connectivity index (χ0v) is 13.4. The predicted molar refractivity (Wildman–Crippen MR) is 80.1 cm³/mol. The number of halogens is 3. The van der Waals surface area contributed by atoms with Crippen molar-refractivity contribution in [2.45, 2.75) is 18.9 Å². The van der Waals surface area contributed by atoms with E-state index in [4.69, 9.17) is 16.3 Å². The minimum atomic E-state index is -0.403. The van der Waals surface area contributed by atoms with Crippen molar-refractivity contribution in [2.24, 2.45) is 0 Å². The van der Waals surface area contributed by atoms with E-state index in [-0.39, 0.29) is 17.0 Å². The Balaban J connectivity index is 2.14. The van der Waals surface area contributed by atoms with Crippen LogP contribution in [0.25, 0.3) is 0 Å². The molecule has 1 aromatic rings. The van der Waals surface area contributed by atoms with Crippen molar-refractivity contribution in [2.75, 3.05) is 20.2 Å². The first-order valence-corrected chi connectivity index (χ1v) is 7.45. The van der Waals surface area contributed by atoms with Crippen LogP contribution in [-0.2, 0) is 4.74 Å². The van der Waals surface area contributed by atoms with Gasteiger partial charge in [0.1, 0.15) is 5.82 Å². The zero-order chi connectivity index (χ0) is 14.0. The summed E-state index contributed by atoms with van der Waals surface area (Å²) in [6.07, 6.45) is 1.85. The molecule has 0 aromatic heterocycles. The van der Waals surface area contributed by atoms with Crippen molar-refractivity contribution in [1.29, 1.82) is 0 Å². The highest BCUT2D eigenvalue weighted by molar-refractivity contribution is 14.1. The fourth-order valence-corrected chi connectivity index (χ4v) is 2.85. The molecule has 3 nitrogen and oxygen atoms in total. The number of hydrogen-bond acceptors (Lipinski definition) is 2. The van der Waals surface area contributed by atoms with E-state index < -0.39 is 5.82 Å².